The molecule has 0 aliphatic heterocycles. The molecule has 1 aromatic carbocycles. The molecule has 0 heterocycles. The number of hydrogen-bond donors (Lipinski definition) is 2. The number of carboxylic acids is 1. The molecule has 6 nitrogen and oxygen atoms in total. The minimum absolute atomic E-state index is 0.0543. The number of sulfonamides is 1. The Morgan fingerprint density at radius 1 is 1.40 bits per heavy atom. The fourth-order valence-electron chi connectivity index (χ4n) is 1.86. The molecule has 0 amide bonds. The van der Waals surface area contributed by atoms with Crippen LogP contribution in [0.2, 0.25) is 0 Å². The fourth-order valence-corrected chi connectivity index (χ4v) is 2.42. The van der Waals surface area contributed by atoms with Crippen LogP contribution in [0.1, 0.15) is 29.3 Å². The predicted octanol–water partition coefficient (Wildman–Crippen LogP) is 0.917. The molecule has 20 heavy (non-hydrogen) atoms. The molecule has 0 radical (unpaired) electrons. The van der Waals surface area contributed by atoms with Crippen LogP contribution in [0.5, 0.6) is 0 Å². The number of nitrogens with zero attached hydrogens (tertiary/aromatic N) is 1. The Morgan fingerprint density at radius 3 is 2.55 bits per heavy atom. The topological polar surface area (TPSA) is 101 Å². The lowest BCUT2D eigenvalue weighted by molar-refractivity contribution is 0.0695. The fraction of sp³-hybridized carbons (Fsp3) is 0.462. The molecule has 0 atom stereocenters. The highest BCUT2D eigenvalue weighted by Crippen LogP contribution is 2.17. The standard InChI is InChI=1S/C13H20N2O4S/c1-3-15(2)8-4-5-10-9-11(20(14,18)19)6-7-12(10)13(16)17/h6-7,9H,3-5,8H2,1-2H3,(H,16,17)(H2,14,18,19). The molecule has 112 valence electrons. The van der Waals surface area contributed by atoms with Gasteiger partial charge in [-0.15, -0.1) is 0 Å². The maximum Gasteiger partial charge on any atom is 0.335 e. The van der Waals surface area contributed by atoms with E-state index in [1.165, 1.54) is 18.2 Å². The van der Waals surface area contributed by atoms with E-state index in [0.29, 0.717) is 12.0 Å². The molecule has 3 N–H and O–H groups in total. The van der Waals surface area contributed by atoms with Crippen LogP contribution in [-0.4, -0.2) is 44.5 Å². The Morgan fingerprint density at radius 2 is 2.05 bits per heavy atom. The van der Waals surface area contributed by atoms with Crippen LogP contribution in [0.4, 0.5) is 0 Å². The number of carboxylic acid groups (broad SMARTS) is 1. The Hall–Kier alpha value is -1.44. The summed E-state index contributed by atoms with van der Waals surface area (Å²) in [5.74, 6) is -1.06. The molecule has 0 saturated carbocycles. The molecule has 0 aliphatic carbocycles. The van der Waals surface area contributed by atoms with Crippen molar-refractivity contribution in [3.8, 4) is 0 Å². The lowest BCUT2D eigenvalue weighted by Gasteiger charge is -2.14. The summed E-state index contributed by atoms with van der Waals surface area (Å²) in [6, 6.07) is 3.87. The van der Waals surface area contributed by atoms with Crippen LogP contribution in [0.25, 0.3) is 0 Å². The highest BCUT2D eigenvalue weighted by Gasteiger charge is 2.15. The normalized spacial score (nSPS) is 11.8. The zero-order valence-corrected chi connectivity index (χ0v) is 12.5. The van der Waals surface area contributed by atoms with Gasteiger partial charge in [-0.05, 0) is 56.7 Å². The second-order valence-electron chi connectivity index (χ2n) is 4.67. The van der Waals surface area contributed by atoms with E-state index >= 15 is 0 Å². The van der Waals surface area contributed by atoms with Gasteiger partial charge in [-0.3, -0.25) is 0 Å². The number of rotatable bonds is 7. The molecule has 0 aromatic heterocycles. The summed E-state index contributed by atoms with van der Waals surface area (Å²) >= 11 is 0. The molecule has 1 aromatic rings. The first kappa shape index (κ1) is 16.6. The molecular weight excluding hydrogens is 280 g/mol. The summed E-state index contributed by atoms with van der Waals surface area (Å²) in [6.45, 7) is 3.75. The molecular formula is C13H20N2O4S. The molecule has 7 heteroatoms. The lowest BCUT2D eigenvalue weighted by atomic mass is 10.0. The van der Waals surface area contributed by atoms with Crippen molar-refractivity contribution in [1.29, 1.82) is 0 Å². The summed E-state index contributed by atoms with van der Waals surface area (Å²) in [6.07, 6.45) is 1.24. The van der Waals surface area contributed by atoms with Gasteiger partial charge in [0.05, 0.1) is 10.5 Å². The maximum absolute atomic E-state index is 11.3. The van der Waals surface area contributed by atoms with Crippen LogP contribution >= 0.6 is 0 Å². The van der Waals surface area contributed by atoms with Crippen LogP contribution in [0, 0.1) is 0 Å². The molecule has 0 fully saturated rings. The van der Waals surface area contributed by atoms with Crippen molar-refractivity contribution >= 4 is 16.0 Å². The highest BCUT2D eigenvalue weighted by molar-refractivity contribution is 7.89. The first-order chi connectivity index (χ1) is 9.25. The third kappa shape index (κ3) is 4.59. The zero-order chi connectivity index (χ0) is 15.3. The van der Waals surface area contributed by atoms with Crippen molar-refractivity contribution in [2.75, 3.05) is 20.1 Å². The van der Waals surface area contributed by atoms with Crippen molar-refractivity contribution in [2.45, 2.75) is 24.7 Å². The Balaban J connectivity index is 2.98. The van der Waals surface area contributed by atoms with E-state index in [-0.39, 0.29) is 10.5 Å². The summed E-state index contributed by atoms with van der Waals surface area (Å²) in [5.41, 5.74) is 0.616. The average molecular weight is 300 g/mol. The van der Waals surface area contributed by atoms with Gasteiger partial charge in [0.1, 0.15) is 0 Å². The number of primary sulfonamides is 1. The quantitative estimate of drug-likeness (QED) is 0.779. The smallest absolute Gasteiger partial charge is 0.335 e. The van der Waals surface area contributed by atoms with E-state index in [9.17, 15) is 13.2 Å². The maximum atomic E-state index is 11.3. The minimum Gasteiger partial charge on any atom is -0.478 e. The van der Waals surface area contributed by atoms with Gasteiger partial charge in [-0.25, -0.2) is 18.4 Å². The largest absolute Gasteiger partial charge is 0.478 e. The summed E-state index contributed by atoms with van der Waals surface area (Å²) in [5, 5.41) is 14.2. The third-order valence-corrected chi connectivity index (χ3v) is 4.07. The minimum atomic E-state index is -3.82. The zero-order valence-electron chi connectivity index (χ0n) is 11.7. The van der Waals surface area contributed by atoms with E-state index in [0.717, 1.165) is 19.5 Å². The first-order valence-electron chi connectivity index (χ1n) is 6.33. The number of aromatic carboxylic acids is 1. The molecule has 0 bridgehead atoms. The van der Waals surface area contributed by atoms with Crippen molar-refractivity contribution in [3.05, 3.63) is 29.3 Å². The number of nitrogens with two attached hydrogens (primary N) is 1. The molecule has 1 rings (SSSR count). The van der Waals surface area contributed by atoms with Gasteiger partial charge in [-0.2, -0.15) is 0 Å². The number of carbonyl (C=O) groups is 1. The van der Waals surface area contributed by atoms with E-state index in [4.69, 9.17) is 10.2 Å². The Kier molecular flexibility index (Phi) is 5.67. The SMILES string of the molecule is CCN(C)CCCc1cc(S(N)(=O)=O)ccc1C(=O)O. The van der Waals surface area contributed by atoms with Crippen molar-refractivity contribution in [2.24, 2.45) is 5.14 Å². The van der Waals surface area contributed by atoms with Crippen molar-refractivity contribution in [3.63, 3.8) is 0 Å². The van der Waals surface area contributed by atoms with Gasteiger partial charge in [0.2, 0.25) is 10.0 Å². The van der Waals surface area contributed by atoms with Gasteiger partial charge in [0.15, 0.2) is 0 Å². The number of hydrogen-bond acceptors (Lipinski definition) is 4. The predicted molar refractivity (Wildman–Crippen MR) is 76.3 cm³/mol. The molecule has 0 unspecified atom stereocenters. The number of benzene rings is 1. The average Bonchev–Trinajstić information content (AvgIpc) is 2.37. The van der Waals surface area contributed by atoms with Gasteiger partial charge >= 0.3 is 5.97 Å². The summed E-state index contributed by atoms with van der Waals surface area (Å²) < 4.78 is 22.6. The molecule has 0 spiro atoms. The van der Waals surface area contributed by atoms with Crippen LogP contribution < -0.4 is 5.14 Å². The van der Waals surface area contributed by atoms with Crippen LogP contribution in [0.15, 0.2) is 23.1 Å². The Bertz CT molecular complexity index is 584. The molecule has 0 aliphatic rings. The highest BCUT2D eigenvalue weighted by atomic mass is 32.2. The van der Waals surface area contributed by atoms with E-state index in [1.807, 2.05) is 14.0 Å². The van der Waals surface area contributed by atoms with Gasteiger partial charge < -0.3 is 10.0 Å². The van der Waals surface area contributed by atoms with Gasteiger partial charge in [0.25, 0.3) is 0 Å². The monoisotopic (exact) mass is 300 g/mol. The Labute approximate surface area is 119 Å². The summed E-state index contributed by atoms with van der Waals surface area (Å²) in [4.78, 5) is 13.2. The summed E-state index contributed by atoms with van der Waals surface area (Å²) in [7, 11) is -1.85. The second kappa shape index (κ2) is 6.83. The van der Waals surface area contributed by atoms with E-state index < -0.39 is 16.0 Å². The van der Waals surface area contributed by atoms with E-state index in [2.05, 4.69) is 4.90 Å². The van der Waals surface area contributed by atoms with Crippen LogP contribution in [0.3, 0.4) is 0 Å². The first-order valence-corrected chi connectivity index (χ1v) is 7.88. The van der Waals surface area contributed by atoms with Gasteiger partial charge in [-0.1, -0.05) is 6.92 Å². The van der Waals surface area contributed by atoms with Gasteiger partial charge in [0, 0.05) is 0 Å². The lowest BCUT2D eigenvalue weighted by Crippen LogP contribution is -2.19. The molecule has 0 saturated heterocycles. The second-order valence-corrected chi connectivity index (χ2v) is 6.23. The van der Waals surface area contributed by atoms with Crippen molar-refractivity contribution < 1.29 is 18.3 Å². The van der Waals surface area contributed by atoms with E-state index in [1.54, 1.807) is 0 Å². The van der Waals surface area contributed by atoms with Crippen molar-refractivity contribution in [1.82, 2.24) is 4.90 Å². The van der Waals surface area contributed by atoms with Crippen LogP contribution in [-0.2, 0) is 16.4 Å². The third-order valence-electron chi connectivity index (χ3n) is 3.16. The number of aryl methyl sites for hydroxylation is 1.